The second kappa shape index (κ2) is 9.04. The maximum Gasteiger partial charge on any atom is 0.167 e. The average molecular weight is 424 g/mol. The van der Waals surface area contributed by atoms with Crippen molar-refractivity contribution in [1.29, 1.82) is 10.5 Å². The van der Waals surface area contributed by atoms with Crippen molar-refractivity contribution < 1.29 is 4.74 Å². The summed E-state index contributed by atoms with van der Waals surface area (Å²) in [5, 5.41) is 23.1. The number of nitrogens with one attached hydrogen (secondary N) is 1. The van der Waals surface area contributed by atoms with Crippen molar-refractivity contribution in [1.82, 2.24) is 9.97 Å². The largest absolute Gasteiger partial charge is 0.493 e. The number of hydrogen-bond acceptors (Lipinski definition) is 8. The van der Waals surface area contributed by atoms with Crippen LogP contribution >= 0.6 is 11.3 Å². The fourth-order valence-electron chi connectivity index (χ4n) is 3.07. The molecule has 150 valence electrons. The Morgan fingerprint density at radius 1 is 1.13 bits per heavy atom. The second-order valence-electron chi connectivity index (χ2n) is 6.35. The van der Waals surface area contributed by atoms with Gasteiger partial charge in [-0.25, -0.2) is 9.97 Å². The van der Waals surface area contributed by atoms with E-state index in [2.05, 4.69) is 32.6 Å². The highest BCUT2D eigenvalue weighted by Gasteiger charge is 2.20. The van der Waals surface area contributed by atoms with E-state index in [1.54, 1.807) is 24.4 Å². The summed E-state index contributed by atoms with van der Waals surface area (Å²) in [6.07, 6.45) is 3.02. The number of rotatable bonds is 6. The molecule has 0 radical (unpaired) electrons. The van der Waals surface area contributed by atoms with Crippen LogP contribution in [0.1, 0.15) is 23.6 Å². The first-order valence-corrected chi connectivity index (χ1v) is 10.3. The Kier molecular flexibility index (Phi) is 5.84. The van der Waals surface area contributed by atoms with Crippen molar-refractivity contribution in [3.8, 4) is 28.3 Å². The summed E-state index contributed by atoms with van der Waals surface area (Å²) >= 11 is 1.41. The van der Waals surface area contributed by atoms with Crippen LogP contribution in [0.2, 0.25) is 0 Å². The summed E-state index contributed by atoms with van der Waals surface area (Å²) in [5.41, 5.74) is 6.15. The van der Waals surface area contributed by atoms with Gasteiger partial charge in [-0.1, -0.05) is 24.3 Å². The highest BCUT2D eigenvalue weighted by Crippen LogP contribution is 2.43. The van der Waals surface area contributed by atoms with Gasteiger partial charge >= 0.3 is 0 Å². The summed E-state index contributed by atoms with van der Waals surface area (Å²) in [5.74, 6) is 1.21. The van der Waals surface area contributed by atoms with Gasteiger partial charge in [0.25, 0.3) is 0 Å². The quantitative estimate of drug-likeness (QED) is 0.347. The minimum Gasteiger partial charge on any atom is -0.493 e. The first-order chi connectivity index (χ1) is 15.2. The van der Waals surface area contributed by atoms with Gasteiger partial charge in [0.1, 0.15) is 23.7 Å². The number of hydrazone groups is 1. The molecule has 2 aromatic carbocycles. The van der Waals surface area contributed by atoms with Gasteiger partial charge < -0.3 is 4.74 Å². The fraction of sp³-hybridized carbons (Fsp3) is 0.0870. The molecule has 0 amide bonds. The van der Waals surface area contributed by atoms with E-state index in [0.717, 1.165) is 20.7 Å². The van der Waals surface area contributed by atoms with Gasteiger partial charge in [-0.2, -0.15) is 15.6 Å². The summed E-state index contributed by atoms with van der Waals surface area (Å²) in [7, 11) is 0. The third kappa shape index (κ3) is 4.06. The second-order valence-corrected chi connectivity index (χ2v) is 7.38. The van der Waals surface area contributed by atoms with E-state index >= 15 is 0 Å². The Morgan fingerprint density at radius 3 is 2.81 bits per heavy atom. The lowest BCUT2D eigenvalue weighted by Gasteiger charge is -2.08. The summed E-state index contributed by atoms with van der Waals surface area (Å²) in [6.45, 7) is 2.45. The molecular formula is C23H16N6OS. The predicted octanol–water partition coefficient (Wildman–Crippen LogP) is 4.95. The lowest BCUT2D eigenvalue weighted by molar-refractivity contribution is 0.341. The lowest BCUT2D eigenvalue weighted by Crippen LogP contribution is -1.95. The molecule has 4 aromatic rings. The zero-order chi connectivity index (χ0) is 21.6. The molecule has 0 unspecified atom stereocenters. The molecule has 0 atom stereocenters. The molecule has 0 saturated heterocycles. The Labute approximate surface area is 182 Å². The normalized spacial score (nSPS) is 10.7. The minimum atomic E-state index is 0.475. The zero-order valence-corrected chi connectivity index (χ0v) is 17.3. The topological polar surface area (TPSA) is 107 Å². The molecule has 0 aliphatic rings. The predicted molar refractivity (Wildman–Crippen MR) is 121 cm³/mol. The molecule has 31 heavy (non-hydrogen) atoms. The van der Waals surface area contributed by atoms with Crippen molar-refractivity contribution in [3.63, 3.8) is 0 Å². The van der Waals surface area contributed by atoms with Gasteiger partial charge in [0.05, 0.1) is 39.6 Å². The van der Waals surface area contributed by atoms with Gasteiger partial charge in [0, 0.05) is 5.56 Å². The van der Waals surface area contributed by atoms with Crippen LogP contribution in [0.15, 0.2) is 60.0 Å². The number of para-hydroxylation sites is 1. The van der Waals surface area contributed by atoms with E-state index in [9.17, 15) is 5.26 Å². The molecule has 0 fully saturated rings. The minimum absolute atomic E-state index is 0.475. The van der Waals surface area contributed by atoms with E-state index in [-0.39, 0.29) is 0 Å². The summed E-state index contributed by atoms with van der Waals surface area (Å²) in [6, 6.07) is 19.1. The number of aromatic nitrogens is 2. The Morgan fingerprint density at radius 2 is 2.00 bits per heavy atom. The summed E-state index contributed by atoms with van der Waals surface area (Å²) in [4.78, 5) is 9.40. The first kappa shape index (κ1) is 20.0. The molecular weight excluding hydrogens is 408 g/mol. The Balaban J connectivity index is 1.73. The molecule has 0 saturated carbocycles. The number of benzene rings is 2. The molecule has 2 aromatic heterocycles. The molecule has 1 N–H and O–H groups in total. The third-order valence-corrected chi connectivity index (χ3v) is 5.63. The van der Waals surface area contributed by atoms with E-state index < -0.39 is 0 Å². The number of nitrogens with zero attached hydrogens (tertiary/aromatic N) is 5. The number of ether oxygens (including phenoxy) is 1. The molecule has 0 aliphatic heterocycles. The van der Waals surface area contributed by atoms with Gasteiger partial charge in [0.2, 0.25) is 0 Å². The Bertz CT molecular complexity index is 1360. The van der Waals surface area contributed by atoms with Crippen LogP contribution in [-0.4, -0.2) is 22.8 Å². The monoisotopic (exact) mass is 424 g/mol. The van der Waals surface area contributed by atoms with Gasteiger partial charge in [-0.05, 0) is 36.8 Å². The molecule has 0 aliphatic carbocycles. The van der Waals surface area contributed by atoms with Gasteiger partial charge in [-0.15, -0.1) is 11.3 Å². The van der Waals surface area contributed by atoms with Crippen LogP contribution in [0.3, 0.4) is 0 Å². The first-order valence-electron chi connectivity index (χ1n) is 9.44. The van der Waals surface area contributed by atoms with E-state index in [0.29, 0.717) is 34.8 Å². The van der Waals surface area contributed by atoms with E-state index in [1.807, 2.05) is 37.3 Å². The smallest absolute Gasteiger partial charge is 0.167 e. The average Bonchev–Trinajstić information content (AvgIpc) is 3.19. The van der Waals surface area contributed by atoms with Crippen molar-refractivity contribution >= 4 is 33.6 Å². The SMILES string of the molecule is CCOc1ccccc1-c1sc2c(NN=Cc3cccc(C#N)c3)ncnc2c1C#N. The number of fused-ring (bicyclic) bond motifs is 1. The molecule has 7 nitrogen and oxygen atoms in total. The molecule has 4 rings (SSSR count). The molecule has 8 heteroatoms. The number of hydrogen-bond donors (Lipinski definition) is 1. The highest BCUT2D eigenvalue weighted by atomic mass is 32.1. The number of nitriles is 2. The number of anilines is 1. The molecule has 2 heterocycles. The Hall–Kier alpha value is -4.27. The van der Waals surface area contributed by atoms with Crippen molar-refractivity contribution in [2.45, 2.75) is 6.92 Å². The molecule has 0 spiro atoms. The lowest BCUT2D eigenvalue weighted by atomic mass is 10.1. The fourth-order valence-corrected chi connectivity index (χ4v) is 4.25. The van der Waals surface area contributed by atoms with E-state index in [4.69, 9.17) is 10.00 Å². The van der Waals surface area contributed by atoms with Crippen molar-refractivity contribution in [3.05, 3.63) is 71.5 Å². The summed E-state index contributed by atoms with van der Waals surface area (Å²) < 4.78 is 6.47. The zero-order valence-electron chi connectivity index (χ0n) is 16.5. The molecule has 0 bridgehead atoms. The van der Waals surface area contributed by atoms with Gasteiger partial charge in [-0.3, -0.25) is 5.43 Å². The van der Waals surface area contributed by atoms with Crippen LogP contribution in [0.5, 0.6) is 5.75 Å². The third-order valence-electron chi connectivity index (χ3n) is 4.41. The van der Waals surface area contributed by atoms with Crippen molar-refractivity contribution in [2.24, 2.45) is 5.10 Å². The van der Waals surface area contributed by atoms with Crippen molar-refractivity contribution in [2.75, 3.05) is 12.0 Å². The van der Waals surface area contributed by atoms with Crippen LogP contribution in [0.4, 0.5) is 5.82 Å². The maximum absolute atomic E-state index is 9.83. The highest BCUT2D eigenvalue weighted by molar-refractivity contribution is 7.23. The number of thiophene rings is 1. The van der Waals surface area contributed by atoms with Crippen LogP contribution < -0.4 is 10.2 Å². The van der Waals surface area contributed by atoms with Crippen LogP contribution in [0.25, 0.3) is 20.7 Å². The maximum atomic E-state index is 9.83. The van der Waals surface area contributed by atoms with Crippen LogP contribution in [-0.2, 0) is 0 Å². The standard InChI is InChI=1S/C23H16N6OS/c1-2-30-19-9-4-3-8-17(19)21-18(12-25)20-22(31-21)23(27-14-26-20)29-28-13-16-7-5-6-15(10-16)11-24/h3-10,13-14H,2H2,1H3,(H,26,27,29). The van der Waals surface area contributed by atoms with Crippen LogP contribution in [0, 0.1) is 22.7 Å². The van der Waals surface area contributed by atoms with E-state index in [1.165, 1.54) is 17.7 Å². The van der Waals surface area contributed by atoms with Gasteiger partial charge in [0.15, 0.2) is 5.82 Å².